The maximum atomic E-state index is 4.77. The highest BCUT2D eigenvalue weighted by atomic mass is 15.4. The van der Waals surface area contributed by atoms with Gasteiger partial charge in [-0.2, -0.15) is 10.1 Å². The number of fused-ring (bicyclic) bond motifs is 2. The van der Waals surface area contributed by atoms with Gasteiger partial charge in [-0.15, -0.1) is 5.10 Å². The van der Waals surface area contributed by atoms with Crippen molar-refractivity contribution in [1.29, 1.82) is 0 Å². The van der Waals surface area contributed by atoms with Crippen LogP contribution in [0.1, 0.15) is 0 Å². The van der Waals surface area contributed by atoms with E-state index < -0.39 is 0 Å². The number of nitrogens with zero attached hydrogens (tertiary/aromatic N) is 6. The average molecular weight is 417 g/mol. The Morgan fingerprint density at radius 1 is 0.875 bits per heavy atom. The van der Waals surface area contributed by atoms with Crippen LogP contribution < -0.4 is 5.32 Å². The second kappa shape index (κ2) is 7.31. The topological polar surface area (TPSA) is 72.9 Å². The third kappa shape index (κ3) is 3.07. The van der Waals surface area contributed by atoms with Gasteiger partial charge in [0.25, 0.3) is 0 Å². The number of hydrogen-bond acceptors (Lipinski definition) is 5. The summed E-state index contributed by atoms with van der Waals surface area (Å²) in [4.78, 5) is 9.43. The van der Waals surface area contributed by atoms with Gasteiger partial charge in [-0.25, -0.2) is 4.52 Å². The Kier molecular flexibility index (Phi) is 4.18. The van der Waals surface area contributed by atoms with E-state index in [0.717, 1.165) is 39.0 Å². The molecule has 0 radical (unpaired) electrons. The van der Waals surface area contributed by atoms with Crippen LogP contribution in [-0.2, 0) is 7.05 Å². The first kappa shape index (κ1) is 18.3. The van der Waals surface area contributed by atoms with Crippen molar-refractivity contribution in [2.24, 2.45) is 7.05 Å². The average Bonchev–Trinajstić information content (AvgIpc) is 3.42. The predicted octanol–water partition coefficient (Wildman–Crippen LogP) is 5.09. The van der Waals surface area contributed by atoms with Crippen LogP contribution in [0.4, 0.5) is 11.6 Å². The van der Waals surface area contributed by atoms with E-state index in [9.17, 15) is 0 Å². The molecule has 0 aliphatic rings. The minimum absolute atomic E-state index is 0.512. The van der Waals surface area contributed by atoms with Gasteiger partial charge in [-0.1, -0.05) is 54.6 Å². The fourth-order valence-electron chi connectivity index (χ4n) is 3.97. The number of rotatable bonds is 4. The van der Waals surface area contributed by atoms with Crippen molar-refractivity contribution in [2.45, 2.75) is 0 Å². The lowest BCUT2D eigenvalue weighted by Gasteiger charge is -2.09. The van der Waals surface area contributed by atoms with Crippen molar-refractivity contribution in [3.05, 3.63) is 91.4 Å². The summed E-state index contributed by atoms with van der Waals surface area (Å²) in [6.07, 6.45) is 5.42. The number of aryl methyl sites for hydroxylation is 1. The van der Waals surface area contributed by atoms with Crippen molar-refractivity contribution in [3.8, 4) is 22.4 Å². The molecule has 0 atom stereocenters. The number of anilines is 2. The molecule has 154 valence electrons. The molecule has 6 rings (SSSR count). The first-order chi connectivity index (χ1) is 15.8. The number of hydrogen-bond donors (Lipinski definition) is 1. The largest absolute Gasteiger partial charge is 0.323 e. The molecule has 0 saturated carbocycles. The molecule has 6 aromatic rings. The van der Waals surface area contributed by atoms with Gasteiger partial charge in [-0.3, -0.25) is 9.67 Å². The summed E-state index contributed by atoms with van der Waals surface area (Å²) < 4.78 is 3.61. The lowest BCUT2D eigenvalue weighted by atomic mass is 9.98. The van der Waals surface area contributed by atoms with Crippen LogP contribution in [0.2, 0.25) is 0 Å². The van der Waals surface area contributed by atoms with Crippen LogP contribution in [-0.4, -0.2) is 29.4 Å². The Hall–Kier alpha value is -4.52. The molecule has 3 heterocycles. The number of benzene rings is 3. The van der Waals surface area contributed by atoms with E-state index in [4.69, 9.17) is 4.98 Å². The summed E-state index contributed by atoms with van der Waals surface area (Å²) in [5.74, 6) is 0.512. The normalized spacial score (nSPS) is 11.3. The summed E-state index contributed by atoms with van der Waals surface area (Å²) in [6.45, 7) is 0. The highest BCUT2D eigenvalue weighted by Gasteiger charge is 2.15. The summed E-state index contributed by atoms with van der Waals surface area (Å²) >= 11 is 0. The van der Waals surface area contributed by atoms with Gasteiger partial charge in [0, 0.05) is 36.1 Å². The molecule has 3 aromatic heterocycles. The third-order valence-electron chi connectivity index (χ3n) is 5.53. The molecule has 7 nitrogen and oxygen atoms in total. The van der Waals surface area contributed by atoms with E-state index in [0.29, 0.717) is 11.6 Å². The SMILES string of the molecule is Cn1ncc2ccc(Nc3nc4c(-c5ccccc5-c5ccccc5)nccn4n3)cc21. The monoisotopic (exact) mass is 417 g/mol. The van der Waals surface area contributed by atoms with Crippen molar-refractivity contribution in [3.63, 3.8) is 0 Å². The summed E-state index contributed by atoms with van der Waals surface area (Å²) in [5.41, 5.74) is 6.67. The van der Waals surface area contributed by atoms with Crippen molar-refractivity contribution >= 4 is 28.2 Å². The molecule has 0 aliphatic heterocycles. The smallest absolute Gasteiger partial charge is 0.247 e. The standard InChI is InChI=1S/C25H19N7/c1-31-22-15-19(12-11-18(22)16-27-31)28-25-29-24-23(26-13-14-32(24)30-25)21-10-6-5-9-20(21)17-7-3-2-4-8-17/h2-16H,1H3,(H,28,30). The van der Waals surface area contributed by atoms with Crippen LogP contribution in [0.25, 0.3) is 38.9 Å². The predicted molar refractivity (Wildman–Crippen MR) is 126 cm³/mol. The molecule has 0 amide bonds. The van der Waals surface area contributed by atoms with E-state index in [1.165, 1.54) is 0 Å². The first-order valence-electron chi connectivity index (χ1n) is 10.3. The Morgan fingerprint density at radius 3 is 2.56 bits per heavy atom. The van der Waals surface area contributed by atoms with Gasteiger partial charge >= 0.3 is 0 Å². The minimum atomic E-state index is 0.512. The molecule has 0 spiro atoms. The second-order valence-electron chi connectivity index (χ2n) is 7.56. The van der Waals surface area contributed by atoms with E-state index in [2.05, 4.69) is 44.8 Å². The number of nitrogens with one attached hydrogen (secondary N) is 1. The van der Waals surface area contributed by atoms with Crippen LogP contribution >= 0.6 is 0 Å². The Bertz CT molecular complexity index is 1560. The molecule has 32 heavy (non-hydrogen) atoms. The lowest BCUT2D eigenvalue weighted by molar-refractivity contribution is 0.797. The molecular formula is C25H19N7. The summed E-state index contributed by atoms with van der Waals surface area (Å²) in [7, 11) is 1.93. The Balaban J connectivity index is 1.43. The molecular weight excluding hydrogens is 398 g/mol. The molecule has 0 aliphatic carbocycles. The van der Waals surface area contributed by atoms with Crippen LogP contribution in [0, 0.1) is 0 Å². The molecule has 0 fully saturated rings. The van der Waals surface area contributed by atoms with E-state index in [1.807, 2.05) is 72.7 Å². The lowest BCUT2D eigenvalue weighted by Crippen LogP contribution is -1.95. The quantitative estimate of drug-likeness (QED) is 0.433. The molecule has 1 N–H and O–H groups in total. The zero-order valence-corrected chi connectivity index (χ0v) is 17.3. The van der Waals surface area contributed by atoms with Crippen molar-refractivity contribution < 1.29 is 0 Å². The van der Waals surface area contributed by atoms with Gasteiger partial charge in [0.2, 0.25) is 5.95 Å². The maximum absolute atomic E-state index is 4.77. The van der Waals surface area contributed by atoms with Crippen molar-refractivity contribution in [1.82, 2.24) is 29.4 Å². The minimum Gasteiger partial charge on any atom is -0.323 e. The van der Waals surface area contributed by atoms with Gasteiger partial charge < -0.3 is 5.32 Å². The van der Waals surface area contributed by atoms with E-state index in [1.54, 1.807) is 10.7 Å². The zero-order valence-electron chi connectivity index (χ0n) is 17.3. The highest BCUT2D eigenvalue weighted by Crippen LogP contribution is 2.33. The van der Waals surface area contributed by atoms with Crippen LogP contribution in [0.15, 0.2) is 91.4 Å². The third-order valence-corrected chi connectivity index (χ3v) is 5.53. The van der Waals surface area contributed by atoms with Gasteiger partial charge in [0.15, 0.2) is 5.65 Å². The maximum Gasteiger partial charge on any atom is 0.247 e. The molecule has 0 saturated heterocycles. The van der Waals surface area contributed by atoms with Crippen LogP contribution in [0.5, 0.6) is 0 Å². The van der Waals surface area contributed by atoms with Crippen LogP contribution in [0.3, 0.4) is 0 Å². The fourth-order valence-corrected chi connectivity index (χ4v) is 3.97. The molecule has 0 bridgehead atoms. The summed E-state index contributed by atoms with van der Waals surface area (Å²) in [5, 5.41) is 13.3. The number of aromatic nitrogens is 6. The summed E-state index contributed by atoms with van der Waals surface area (Å²) in [6, 6.07) is 24.6. The fraction of sp³-hybridized carbons (Fsp3) is 0.0400. The molecule has 3 aromatic carbocycles. The van der Waals surface area contributed by atoms with E-state index in [-0.39, 0.29) is 0 Å². The van der Waals surface area contributed by atoms with Crippen molar-refractivity contribution in [2.75, 3.05) is 5.32 Å². The van der Waals surface area contributed by atoms with E-state index >= 15 is 0 Å². The van der Waals surface area contributed by atoms with Gasteiger partial charge in [0.05, 0.1) is 11.7 Å². The molecule has 0 unspecified atom stereocenters. The van der Waals surface area contributed by atoms with Gasteiger partial charge in [-0.05, 0) is 29.3 Å². The second-order valence-corrected chi connectivity index (χ2v) is 7.56. The Labute approximate surface area is 184 Å². The highest BCUT2D eigenvalue weighted by molar-refractivity contribution is 5.87. The zero-order chi connectivity index (χ0) is 21.5. The van der Waals surface area contributed by atoms with Gasteiger partial charge in [0.1, 0.15) is 5.69 Å². The first-order valence-corrected chi connectivity index (χ1v) is 10.3. The molecule has 7 heteroatoms. The Morgan fingerprint density at radius 2 is 1.69 bits per heavy atom.